The minimum atomic E-state index is 0.0298. The molecule has 2 aromatic carbocycles. The quantitative estimate of drug-likeness (QED) is 0.832. The molecule has 0 heterocycles. The van der Waals surface area contributed by atoms with Crippen molar-refractivity contribution in [1.82, 2.24) is 10.6 Å². The molecule has 3 rings (SSSR count). The van der Waals surface area contributed by atoms with Crippen molar-refractivity contribution < 1.29 is 0 Å². The van der Waals surface area contributed by atoms with E-state index in [0.29, 0.717) is 11.2 Å². The SMILES string of the molecule is S=C(NC1CC1)N[C@@H](c1ccccc1)c1ccc(Cl)cc1. The van der Waals surface area contributed by atoms with Gasteiger partial charge in [0.15, 0.2) is 5.11 Å². The summed E-state index contributed by atoms with van der Waals surface area (Å²) in [5, 5.41) is 8.20. The van der Waals surface area contributed by atoms with E-state index in [1.807, 2.05) is 42.5 Å². The third kappa shape index (κ3) is 3.96. The van der Waals surface area contributed by atoms with Gasteiger partial charge in [-0.2, -0.15) is 0 Å². The van der Waals surface area contributed by atoms with E-state index in [-0.39, 0.29) is 6.04 Å². The highest BCUT2D eigenvalue weighted by Gasteiger charge is 2.23. The summed E-state index contributed by atoms with van der Waals surface area (Å²) in [6.45, 7) is 0. The van der Waals surface area contributed by atoms with Crippen LogP contribution in [-0.2, 0) is 0 Å². The summed E-state index contributed by atoms with van der Waals surface area (Å²) in [6, 6.07) is 18.8. The van der Waals surface area contributed by atoms with Gasteiger partial charge < -0.3 is 10.6 Å². The van der Waals surface area contributed by atoms with Gasteiger partial charge in [-0.05, 0) is 48.3 Å². The van der Waals surface area contributed by atoms with Crippen LogP contribution < -0.4 is 10.6 Å². The highest BCUT2D eigenvalue weighted by Crippen LogP contribution is 2.24. The molecule has 21 heavy (non-hydrogen) atoms. The van der Waals surface area contributed by atoms with Crippen LogP contribution in [0.2, 0.25) is 5.02 Å². The molecule has 108 valence electrons. The fourth-order valence-electron chi connectivity index (χ4n) is 2.25. The number of hydrogen-bond acceptors (Lipinski definition) is 1. The monoisotopic (exact) mass is 316 g/mol. The third-order valence-corrected chi connectivity index (χ3v) is 4.01. The van der Waals surface area contributed by atoms with Gasteiger partial charge in [0.05, 0.1) is 6.04 Å². The maximum Gasteiger partial charge on any atom is 0.167 e. The van der Waals surface area contributed by atoms with Crippen molar-refractivity contribution in [2.75, 3.05) is 0 Å². The van der Waals surface area contributed by atoms with Crippen LogP contribution in [0.1, 0.15) is 30.0 Å². The van der Waals surface area contributed by atoms with Crippen molar-refractivity contribution in [2.24, 2.45) is 0 Å². The lowest BCUT2D eigenvalue weighted by atomic mass is 9.99. The molecule has 0 radical (unpaired) electrons. The Morgan fingerprint density at radius 2 is 1.62 bits per heavy atom. The van der Waals surface area contributed by atoms with Crippen LogP contribution >= 0.6 is 23.8 Å². The topological polar surface area (TPSA) is 24.1 Å². The van der Waals surface area contributed by atoms with Gasteiger partial charge in [0, 0.05) is 11.1 Å². The van der Waals surface area contributed by atoms with E-state index in [2.05, 4.69) is 22.8 Å². The van der Waals surface area contributed by atoms with Gasteiger partial charge in [0.25, 0.3) is 0 Å². The molecule has 2 aromatic rings. The van der Waals surface area contributed by atoms with Gasteiger partial charge in [-0.25, -0.2) is 0 Å². The Balaban J connectivity index is 1.83. The number of thiocarbonyl (C=S) groups is 1. The van der Waals surface area contributed by atoms with E-state index < -0.39 is 0 Å². The Morgan fingerprint density at radius 3 is 2.24 bits per heavy atom. The largest absolute Gasteiger partial charge is 0.360 e. The summed E-state index contributed by atoms with van der Waals surface area (Å²) in [4.78, 5) is 0. The van der Waals surface area contributed by atoms with Crippen molar-refractivity contribution in [3.05, 3.63) is 70.7 Å². The zero-order valence-corrected chi connectivity index (χ0v) is 13.1. The average molecular weight is 317 g/mol. The standard InChI is InChI=1S/C17H17ClN2S/c18-14-8-6-13(7-9-14)16(12-4-2-1-3-5-12)20-17(21)19-15-10-11-15/h1-9,15-16H,10-11H2,(H2,19,20,21)/t16-/m0/s1. The lowest BCUT2D eigenvalue weighted by Gasteiger charge is -2.22. The second-order valence-corrected chi connectivity index (χ2v) is 6.13. The van der Waals surface area contributed by atoms with Crippen LogP contribution in [0.3, 0.4) is 0 Å². The van der Waals surface area contributed by atoms with Crippen LogP contribution in [0, 0.1) is 0 Å². The first-order valence-electron chi connectivity index (χ1n) is 7.10. The predicted octanol–water partition coefficient (Wildman–Crippen LogP) is 4.06. The van der Waals surface area contributed by atoms with Gasteiger partial charge >= 0.3 is 0 Å². The Hall–Kier alpha value is -1.58. The first kappa shape index (κ1) is 14.4. The smallest absolute Gasteiger partial charge is 0.167 e. The molecule has 0 saturated heterocycles. The normalized spacial score (nSPS) is 15.3. The number of hydrogen-bond donors (Lipinski definition) is 2. The first-order chi connectivity index (χ1) is 10.2. The molecule has 1 atom stereocenters. The van der Waals surface area contributed by atoms with E-state index in [9.17, 15) is 0 Å². The molecule has 0 aromatic heterocycles. The number of benzene rings is 2. The van der Waals surface area contributed by atoms with Crippen LogP contribution in [0.5, 0.6) is 0 Å². The van der Waals surface area contributed by atoms with E-state index in [4.69, 9.17) is 23.8 Å². The van der Waals surface area contributed by atoms with Gasteiger partial charge in [-0.1, -0.05) is 54.1 Å². The molecule has 1 aliphatic rings. The maximum absolute atomic E-state index is 5.99. The molecule has 0 aliphatic heterocycles. The number of rotatable bonds is 4. The molecule has 1 saturated carbocycles. The molecular formula is C17H17ClN2S. The molecule has 2 N–H and O–H groups in total. The van der Waals surface area contributed by atoms with Gasteiger partial charge in [0.2, 0.25) is 0 Å². The molecule has 2 nitrogen and oxygen atoms in total. The minimum absolute atomic E-state index is 0.0298. The van der Waals surface area contributed by atoms with Crippen molar-refractivity contribution in [2.45, 2.75) is 24.9 Å². The fraction of sp³-hybridized carbons (Fsp3) is 0.235. The summed E-state index contributed by atoms with van der Waals surface area (Å²) < 4.78 is 0. The Kier molecular flexibility index (Phi) is 4.42. The third-order valence-electron chi connectivity index (χ3n) is 3.52. The summed E-state index contributed by atoms with van der Waals surface area (Å²) in [7, 11) is 0. The second kappa shape index (κ2) is 6.46. The summed E-state index contributed by atoms with van der Waals surface area (Å²) in [6.07, 6.45) is 2.41. The van der Waals surface area contributed by atoms with Crippen molar-refractivity contribution in [3.63, 3.8) is 0 Å². The first-order valence-corrected chi connectivity index (χ1v) is 7.88. The van der Waals surface area contributed by atoms with Crippen LogP contribution in [0.4, 0.5) is 0 Å². The van der Waals surface area contributed by atoms with Crippen molar-refractivity contribution >= 4 is 28.9 Å². The highest BCUT2D eigenvalue weighted by atomic mass is 35.5. The highest BCUT2D eigenvalue weighted by molar-refractivity contribution is 7.80. The van der Waals surface area contributed by atoms with Gasteiger partial charge in [-0.15, -0.1) is 0 Å². The summed E-state index contributed by atoms with van der Waals surface area (Å²) in [5.74, 6) is 0. The van der Waals surface area contributed by atoms with E-state index in [1.54, 1.807) is 0 Å². The Morgan fingerprint density at radius 1 is 1.00 bits per heavy atom. The second-order valence-electron chi connectivity index (χ2n) is 5.29. The van der Waals surface area contributed by atoms with Crippen molar-refractivity contribution in [3.8, 4) is 0 Å². The van der Waals surface area contributed by atoms with E-state index >= 15 is 0 Å². The number of halogens is 1. The fourth-order valence-corrected chi connectivity index (χ4v) is 2.66. The zero-order chi connectivity index (χ0) is 14.7. The zero-order valence-electron chi connectivity index (χ0n) is 11.6. The molecule has 4 heteroatoms. The van der Waals surface area contributed by atoms with E-state index in [1.165, 1.54) is 18.4 Å². The van der Waals surface area contributed by atoms with Crippen LogP contribution in [0.25, 0.3) is 0 Å². The molecule has 0 bridgehead atoms. The molecule has 1 fully saturated rings. The predicted molar refractivity (Wildman–Crippen MR) is 91.6 cm³/mol. The molecule has 0 unspecified atom stereocenters. The molecular weight excluding hydrogens is 300 g/mol. The average Bonchev–Trinajstić information content (AvgIpc) is 3.31. The summed E-state index contributed by atoms with van der Waals surface area (Å²) in [5.41, 5.74) is 2.32. The van der Waals surface area contributed by atoms with Gasteiger partial charge in [-0.3, -0.25) is 0 Å². The minimum Gasteiger partial charge on any atom is -0.360 e. The molecule has 0 amide bonds. The lowest BCUT2D eigenvalue weighted by Crippen LogP contribution is -2.39. The van der Waals surface area contributed by atoms with E-state index in [0.717, 1.165) is 10.6 Å². The number of nitrogens with one attached hydrogen (secondary N) is 2. The van der Waals surface area contributed by atoms with Crippen LogP contribution in [0.15, 0.2) is 54.6 Å². The van der Waals surface area contributed by atoms with Crippen molar-refractivity contribution in [1.29, 1.82) is 0 Å². The van der Waals surface area contributed by atoms with Crippen LogP contribution in [-0.4, -0.2) is 11.2 Å². The summed E-state index contributed by atoms with van der Waals surface area (Å²) >= 11 is 11.4. The Labute approximate surface area is 135 Å². The molecule has 1 aliphatic carbocycles. The maximum atomic E-state index is 5.99. The Bertz CT molecular complexity index is 608. The lowest BCUT2D eigenvalue weighted by molar-refractivity contribution is 0.734. The molecule has 0 spiro atoms. The van der Waals surface area contributed by atoms with Gasteiger partial charge in [0.1, 0.15) is 0 Å².